The number of methoxy groups -OCH3 is 1. The first-order valence-electron chi connectivity index (χ1n) is 23.3. The number of nitrogens with one attached hydrogen (secondary N) is 4. The number of ether oxygens (including phenoxy) is 2. The highest BCUT2D eigenvalue weighted by atomic mass is 32.2. The molecule has 5 N–H and O–H groups in total. The molecule has 3 aromatic rings. The van der Waals surface area contributed by atoms with E-state index >= 15 is 0 Å². The Morgan fingerprint density at radius 1 is 0.985 bits per heavy atom. The number of carboxylic acids is 1. The lowest BCUT2D eigenvalue weighted by Gasteiger charge is -2.34. The molecule has 21 heteroatoms. The lowest BCUT2D eigenvalue weighted by atomic mass is 9.86. The number of carbonyl (C=O) groups is 5. The summed E-state index contributed by atoms with van der Waals surface area (Å²) in [6.45, 7) is 12.6. The van der Waals surface area contributed by atoms with Crippen LogP contribution in [0.5, 0.6) is 11.5 Å². The number of thiazole rings is 1. The molecule has 0 bridgehead atoms. The van der Waals surface area contributed by atoms with Crippen molar-refractivity contribution in [2.75, 3.05) is 32.1 Å². The molecule has 19 nitrogen and oxygen atoms in total. The van der Waals surface area contributed by atoms with Crippen LogP contribution in [0, 0.1) is 11.3 Å². The normalized spacial score (nSPS) is 25.4. The molecule has 2 unspecified atom stereocenters. The van der Waals surface area contributed by atoms with Crippen molar-refractivity contribution in [2.24, 2.45) is 11.3 Å². The summed E-state index contributed by atoms with van der Waals surface area (Å²) < 4.78 is 41.2. The van der Waals surface area contributed by atoms with Crippen molar-refractivity contribution in [3.63, 3.8) is 0 Å². The van der Waals surface area contributed by atoms with E-state index in [2.05, 4.69) is 21.3 Å². The smallest absolute Gasteiger partial charge is 0.329 e. The molecular weight excluding hydrogens is 903 g/mol. The molecule has 3 aliphatic heterocycles. The number of aromatic nitrogens is 2. The largest absolute Gasteiger partial charge is 0.497 e. The van der Waals surface area contributed by atoms with E-state index in [0.29, 0.717) is 46.6 Å². The van der Waals surface area contributed by atoms with Crippen molar-refractivity contribution in [2.45, 2.75) is 148 Å². The van der Waals surface area contributed by atoms with Gasteiger partial charge in [0.05, 0.1) is 31.4 Å². The van der Waals surface area contributed by atoms with E-state index < -0.39 is 75.1 Å². The SMILES string of the molecule is COc1ccc2c(O[C@@H]3C[C@H]4C(=O)N[C@]5(C(=O)O)CC5CCCCCCC[C@H](NC(=O)NC(C(=O)N5CCN(C(C)C)S5(=O)=O)C(C)(C)C)C(=O)N4C3)cc(-c3csc(NC(C)C)n3)nc2c1. The molecule has 67 heavy (non-hydrogen) atoms. The van der Waals surface area contributed by atoms with Gasteiger partial charge in [-0.2, -0.15) is 12.7 Å². The van der Waals surface area contributed by atoms with E-state index in [1.807, 2.05) is 25.3 Å². The summed E-state index contributed by atoms with van der Waals surface area (Å²) in [5.74, 6) is -2.41. The number of rotatable bonds is 11. The Hall–Kier alpha value is -5.28. The highest BCUT2D eigenvalue weighted by molar-refractivity contribution is 7.87. The lowest BCUT2D eigenvalue weighted by molar-refractivity contribution is -0.145. The molecule has 1 aromatic carbocycles. The molecule has 6 atom stereocenters. The van der Waals surface area contributed by atoms with Crippen LogP contribution >= 0.6 is 11.3 Å². The lowest BCUT2D eigenvalue weighted by Crippen LogP contribution is -2.60. The molecular formula is C46H65N9O10S2. The number of benzene rings is 1. The minimum Gasteiger partial charge on any atom is -0.497 e. The first kappa shape index (κ1) is 49.6. The third kappa shape index (κ3) is 10.7. The highest BCUT2D eigenvalue weighted by Gasteiger charge is 2.62. The van der Waals surface area contributed by atoms with Crippen LogP contribution in [-0.4, -0.2) is 135 Å². The van der Waals surface area contributed by atoms with Gasteiger partial charge in [-0.25, -0.2) is 23.9 Å². The van der Waals surface area contributed by atoms with Crippen LogP contribution in [0.1, 0.15) is 106 Å². The Kier molecular flexibility index (Phi) is 14.6. The maximum absolute atomic E-state index is 15.0. The van der Waals surface area contributed by atoms with Crippen LogP contribution in [0.4, 0.5) is 9.93 Å². The number of amides is 5. The molecule has 7 rings (SSSR count). The minimum atomic E-state index is -4.14. The number of fused-ring (bicyclic) bond motifs is 3. The molecule has 2 aromatic heterocycles. The fourth-order valence-electron chi connectivity index (χ4n) is 9.39. The predicted molar refractivity (Wildman–Crippen MR) is 253 cm³/mol. The Morgan fingerprint density at radius 2 is 1.70 bits per heavy atom. The molecule has 0 spiro atoms. The van der Waals surface area contributed by atoms with E-state index in [-0.39, 0.29) is 56.9 Å². The fourth-order valence-corrected chi connectivity index (χ4v) is 12.0. The van der Waals surface area contributed by atoms with Gasteiger partial charge in [0, 0.05) is 47.9 Å². The zero-order chi connectivity index (χ0) is 48.6. The molecule has 3 saturated heterocycles. The molecule has 4 aliphatic rings. The van der Waals surface area contributed by atoms with Crippen molar-refractivity contribution in [3.05, 3.63) is 29.6 Å². The van der Waals surface area contributed by atoms with Crippen LogP contribution in [0.15, 0.2) is 29.6 Å². The molecule has 4 fully saturated rings. The van der Waals surface area contributed by atoms with Gasteiger partial charge in [0.2, 0.25) is 11.8 Å². The maximum Gasteiger partial charge on any atom is 0.329 e. The summed E-state index contributed by atoms with van der Waals surface area (Å²) in [4.78, 5) is 81.4. The van der Waals surface area contributed by atoms with Crippen molar-refractivity contribution < 1.29 is 47.0 Å². The third-order valence-electron chi connectivity index (χ3n) is 13.1. The van der Waals surface area contributed by atoms with Crippen molar-refractivity contribution in [3.8, 4) is 22.9 Å². The standard InChI is InChI=1S/C46H65N9O10S2/c1-26(2)47-44-50-35(25-66-44)34-22-37(31-17-16-29(64-8)20-33(31)48-34)65-30-21-36-39(56)52-46(42(59)60)23-28(46)14-12-10-9-11-13-15-32(40(57)53(36)24-30)49-43(61)51-38(45(5,6)7)41(58)55-19-18-54(27(3)4)67(55,62)63/h16-17,20,22,25-28,30,32,36,38H,9-15,18-19,21,23-24H2,1-8H3,(H,47,50)(H,52,56)(H,59,60)(H2,49,51,61)/t28?,30-,32+,36+,38?,46-/m1/s1. The van der Waals surface area contributed by atoms with Crippen LogP contribution in [0.2, 0.25) is 0 Å². The summed E-state index contributed by atoms with van der Waals surface area (Å²) in [5.41, 5.74) is -0.714. The summed E-state index contributed by atoms with van der Waals surface area (Å²) in [7, 11) is -2.58. The first-order valence-corrected chi connectivity index (χ1v) is 25.5. The Bertz CT molecular complexity index is 2480. The first-order chi connectivity index (χ1) is 31.6. The molecule has 366 valence electrons. The Morgan fingerprint density at radius 3 is 2.36 bits per heavy atom. The summed E-state index contributed by atoms with van der Waals surface area (Å²) in [6.07, 6.45) is 4.04. The number of urea groups is 1. The van der Waals surface area contributed by atoms with E-state index in [0.717, 1.165) is 35.1 Å². The summed E-state index contributed by atoms with van der Waals surface area (Å²) >= 11 is 1.44. The maximum atomic E-state index is 15.0. The van der Waals surface area contributed by atoms with Crippen molar-refractivity contribution in [1.29, 1.82) is 0 Å². The average molecular weight is 968 g/mol. The second-order valence-corrected chi connectivity index (χ2v) is 22.5. The van der Waals surface area contributed by atoms with Gasteiger partial charge in [-0.15, -0.1) is 11.3 Å². The summed E-state index contributed by atoms with van der Waals surface area (Å²) in [5, 5.41) is 25.3. The Labute approximate surface area is 396 Å². The Balaban J connectivity index is 1.19. The monoisotopic (exact) mass is 967 g/mol. The number of anilines is 1. The van der Waals surface area contributed by atoms with E-state index in [1.54, 1.807) is 59.9 Å². The zero-order valence-corrected chi connectivity index (χ0v) is 41.2. The van der Waals surface area contributed by atoms with E-state index in [1.165, 1.54) is 20.5 Å². The van der Waals surface area contributed by atoms with Gasteiger partial charge in [0.15, 0.2) is 5.13 Å². The quantitative estimate of drug-likeness (QED) is 0.168. The number of carboxylic acid groups (broad SMARTS) is 1. The van der Waals surface area contributed by atoms with Gasteiger partial charge < -0.3 is 40.7 Å². The van der Waals surface area contributed by atoms with Gasteiger partial charge in [0.1, 0.15) is 47.0 Å². The number of hydrogen-bond donors (Lipinski definition) is 5. The zero-order valence-electron chi connectivity index (χ0n) is 39.6. The van der Waals surface area contributed by atoms with Gasteiger partial charge in [0.25, 0.3) is 5.91 Å². The third-order valence-corrected chi connectivity index (χ3v) is 16.0. The minimum absolute atomic E-state index is 0.00359. The second kappa shape index (κ2) is 19.7. The van der Waals surface area contributed by atoms with Crippen LogP contribution < -0.4 is 30.7 Å². The molecule has 1 saturated carbocycles. The van der Waals surface area contributed by atoms with Crippen LogP contribution in [0.3, 0.4) is 0 Å². The van der Waals surface area contributed by atoms with Crippen molar-refractivity contribution >= 4 is 67.3 Å². The molecule has 1 aliphatic carbocycles. The average Bonchev–Trinajstić information content (AvgIpc) is 3.52. The number of nitrogens with zero attached hydrogens (tertiary/aromatic N) is 5. The second-order valence-electron chi connectivity index (χ2n) is 19.8. The van der Waals surface area contributed by atoms with E-state index in [4.69, 9.17) is 19.4 Å². The van der Waals surface area contributed by atoms with E-state index in [9.17, 15) is 37.5 Å². The van der Waals surface area contributed by atoms with Crippen LogP contribution in [0.25, 0.3) is 22.3 Å². The van der Waals surface area contributed by atoms with Gasteiger partial charge in [-0.3, -0.25) is 14.4 Å². The molecule has 5 amide bonds. The fraction of sp³-hybridized carbons (Fsp3) is 0.630. The van der Waals surface area contributed by atoms with Crippen molar-refractivity contribution in [1.82, 2.24) is 39.4 Å². The molecule has 0 radical (unpaired) electrons. The molecule has 5 heterocycles. The number of hydrogen-bond acceptors (Lipinski definition) is 13. The number of pyridine rings is 1. The highest BCUT2D eigenvalue weighted by Crippen LogP contribution is 2.48. The number of aliphatic carboxylic acids is 1. The number of carbonyl (C=O) groups excluding carboxylic acids is 4. The van der Waals surface area contributed by atoms with Gasteiger partial charge >= 0.3 is 22.2 Å². The van der Waals surface area contributed by atoms with Gasteiger partial charge in [-0.05, 0) is 70.4 Å². The predicted octanol–water partition coefficient (Wildman–Crippen LogP) is 5.12. The topological polar surface area (TPSA) is 242 Å². The van der Waals surface area contributed by atoms with Crippen LogP contribution in [-0.2, 0) is 29.4 Å². The van der Waals surface area contributed by atoms with Gasteiger partial charge in [-0.1, -0.05) is 52.9 Å². The summed E-state index contributed by atoms with van der Waals surface area (Å²) in [6, 6.07) is 2.41.